The molecule has 0 aliphatic rings. The van der Waals surface area contributed by atoms with E-state index in [-0.39, 0.29) is 5.82 Å². The van der Waals surface area contributed by atoms with E-state index in [0.29, 0.717) is 24.6 Å². The number of nitrogens with zero attached hydrogens (tertiary/aromatic N) is 5. The fourth-order valence-corrected chi connectivity index (χ4v) is 3.18. The number of nitrogens with one attached hydrogen (secondary N) is 2. The Morgan fingerprint density at radius 3 is 2.56 bits per heavy atom. The van der Waals surface area contributed by atoms with Crippen molar-refractivity contribution in [1.82, 2.24) is 25.4 Å². The van der Waals surface area contributed by atoms with Crippen molar-refractivity contribution in [1.29, 1.82) is 0 Å². The summed E-state index contributed by atoms with van der Waals surface area (Å²) in [5, 5.41) is 15.0. The van der Waals surface area contributed by atoms with Gasteiger partial charge < -0.3 is 20.1 Å². The molecular weight excluding hydrogens is 405 g/mol. The highest BCUT2D eigenvalue weighted by Gasteiger charge is 2.07. The van der Waals surface area contributed by atoms with E-state index in [9.17, 15) is 4.39 Å². The molecule has 0 saturated heterocycles. The predicted octanol–water partition coefficient (Wildman–Crippen LogP) is 3.33. The van der Waals surface area contributed by atoms with Gasteiger partial charge in [-0.1, -0.05) is 30.3 Å². The van der Waals surface area contributed by atoms with Crippen molar-refractivity contribution < 1.29 is 4.39 Å². The molecule has 0 amide bonds. The van der Waals surface area contributed by atoms with Crippen molar-refractivity contribution in [3.05, 3.63) is 77.1 Å². The van der Waals surface area contributed by atoms with E-state index in [4.69, 9.17) is 0 Å². The van der Waals surface area contributed by atoms with E-state index in [1.165, 1.54) is 11.8 Å². The van der Waals surface area contributed by atoms with Crippen LogP contribution in [0.25, 0.3) is 0 Å². The molecule has 0 saturated carbocycles. The summed E-state index contributed by atoms with van der Waals surface area (Å²) in [5.74, 6) is 2.13. The number of halogens is 1. The van der Waals surface area contributed by atoms with Gasteiger partial charge in [-0.3, -0.25) is 0 Å². The second-order valence-electron chi connectivity index (χ2n) is 7.86. The number of aryl methyl sites for hydroxylation is 2. The molecule has 0 aliphatic carbocycles. The van der Waals surface area contributed by atoms with Crippen LogP contribution in [0.4, 0.5) is 10.1 Å². The van der Waals surface area contributed by atoms with E-state index < -0.39 is 0 Å². The van der Waals surface area contributed by atoms with Gasteiger partial charge in [-0.2, -0.15) is 0 Å². The molecule has 0 unspecified atom stereocenters. The topological polar surface area (TPSA) is 70.4 Å². The molecule has 0 aliphatic heterocycles. The highest BCUT2D eigenvalue weighted by atomic mass is 19.1. The van der Waals surface area contributed by atoms with Crippen LogP contribution in [0.3, 0.4) is 0 Å². The standard InChI is InChI=1S/C24H32FN7/c1-18-11-12-20(15-22(18)25)16-27-24(28-17-23-30-29-19(2)32(23)4)26-13-8-14-31(3)21-9-6-5-7-10-21/h5-7,9-12,15H,8,13-14,16-17H2,1-4H3,(H2,26,27,28). The summed E-state index contributed by atoms with van der Waals surface area (Å²) in [6.45, 7) is 6.22. The first-order valence-corrected chi connectivity index (χ1v) is 10.8. The number of para-hydroxylation sites is 1. The Hall–Kier alpha value is -3.42. The first-order chi connectivity index (χ1) is 15.4. The van der Waals surface area contributed by atoms with Crippen LogP contribution in [0.1, 0.15) is 29.2 Å². The highest BCUT2D eigenvalue weighted by molar-refractivity contribution is 5.79. The maximum absolute atomic E-state index is 13.9. The summed E-state index contributed by atoms with van der Waals surface area (Å²) in [6, 6.07) is 15.5. The van der Waals surface area contributed by atoms with Gasteiger partial charge in [0.25, 0.3) is 0 Å². The van der Waals surface area contributed by atoms with Gasteiger partial charge in [-0.25, -0.2) is 9.38 Å². The summed E-state index contributed by atoms with van der Waals surface area (Å²) in [6.07, 6.45) is 0.939. The smallest absolute Gasteiger partial charge is 0.191 e. The van der Waals surface area contributed by atoms with Gasteiger partial charge in [0.2, 0.25) is 0 Å². The Morgan fingerprint density at radius 2 is 1.88 bits per heavy atom. The number of guanidine groups is 1. The van der Waals surface area contributed by atoms with Gasteiger partial charge in [0.1, 0.15) is 11.6 Å². The lowest BCUT2D eigenvalue weighted by Crippen LogP contribution is -2.39. The molecule has 8 heteroatoms. The largest absolute Gasteiger partial charge is 0.375 e. The molecule has 170 valence electrons. The summed E-state index contributed by atoms with van der Waals surface area (Å²) < 4.78 is 15.8. The predicted molar refractivity (Wildman–Crippen MR) is 127 cm³/mol. The molecule has 0 atom stereocenters. The zero-order valence-electron chi connectivity index (χ0n) is 19.3. The van der Waals surface area contributed by atoms with E-state index in [1.54, 1.807) is 13.0 Å². The molecule has 3 aromatic rings. The van der Waals surface area contributed by atoms with E-state index in [1.807, 2.05) is 42.8 Å². The van der Waals surface area contributed by atoms with Crippen LogP contribution < -0.4 is 15.5 Å². The fourth-order valence-electron chi connectivity index (χ4n) is 3.18. The lowest BCUT2D eigenvalue weighted by Gasteiger charge is -2.19. The van der Waals surface area contributed by atoms with Crippen molar-refractivity contribution in [2.75, 3.05) is 25.0 Å². The van der Waals surface area contributed by atoms with Crippen molar-refractivity contribution in [3.8, 4) is 0 Å². The molecule has 2 aromatic carbocycles. The number of benzene rings is 2. The third-order valence-corrected chi connectivity index (χ3v) is 5.41. The van der Waals surface area contributed by atoms with E-state index >= 15 is 0 Å². The molecule has 0 fully saturated rings. The Bertz CT molecular complexity index is 1030. The van der Waals surface area contributed by atoms with Crippen LogP contribution in [-0.2, 0) is 20.1 Å². The van der Waals surface area contributed by atoms with Crippen molar-refractivity contribution in [3.63, 3.8) is 0 Å². The van der Waals surface area contributed by atoms with Gasteiger partial charge in [0.05, 0.1) is 13.1 Å². The molecule has 0 spiro atoms. The minimum atomic E-state index is -0.210. The molecule has 3 rings (SSSR count). The maximum atomic E-state index is 13.9. The number of anilines is 1. The Labute approximate surface area is 189 Å². The van der Waals surface area contributed by atoms with Crippen LogP contribution in [0, 0.1) is 19.7 Å². The van der Waals surface area contributed by atoms with Gasteiger partial charge in [-0.15, -0.1) is 10.2 Å². The lowest BCUT2D eigenvalue weighted by molar-refractivity contribution is 0.616. The van der Waals surface area contributed by atoms with E-state index in [2.05, 4.69) is 49.9 Å². The van der Waals surface area contributed by atoms with Crippen LogP contribution in [0.15, 0.2) is 53.5 Å². The Balaban J connectivity index is 1.58. The van der Waals surface area contributed by atoms with Crippen LogP contribution >= 0.6 is 0 Å². The number of hydrogen-bond acceptors (Lipinski definition) is 4. The summed E-state index contributed by atoms with van der Waals surface area (Å²) in [7, 11) is 4.02. The van der Waals surface area contributed by atoms with Crippen molar-refractivity contribution in [2.24, 2.45) is 12.0 Å². The average molecular weight is 438 g/mol. The summed E-state index contributed by atoms with van der Waals surface area (Å²) >= 11 is 0. The first-order valence-electron chi connectivity index (χ1n) is 10.8. The normalized spacial score (nSPS) is 11.5. The third-order valence-electron chi connectivity index (χ3n) is 5.41. The molecule has 2 N–H and O–H groups in total. The van der Waals surface area contributed by atoms with Crippen molar-refractivity contribution in [2.45, 2.75) is 33.4 Å². The van der Waals surface area contributed by atoms with Crippen LogP contribution in [0.2, 0.25) is 0 Å². The molecule has 0 radical (unpaired) electrons. The second-order valence-corrected chi connectivity index (χ2v) is 7.86. The average Bonchev–Trinajstić information content (AvgIpc) is 3.12. The molecule has 0 bridgehead atoms. The van der Waals surface area contributed by atoms with Crippen LogP contribution in [-0.4, -0.2) is 40.9 Å². The van der Waals surface area contributed by atoms with Gasteiger partial charge >= 0.3 is 0 Å². The minimum Gasteiger partial charge on any atom is -0.375 e. The number of aliphatic imine (C=N–C) groups is 1. The zero-order chi connectivity index (χ0) is 22.9. The van der Waals surface area contributed by atoms with Gasteiger partial charge in [0, 0.05) is 32.9 Å². The SMILES string of the molecule is Cc1ccc(CN=C(NCCCN(C)c2ccccc2)NCc2nnc(C)n2C)cc1F. The minimum absolute atomic E-state index is 0.210. The maximum Gasteiger partial charge on any atom is 0.191 e. The van der Waals surface area contributed by atoms with Crippen molar-refractivity contribution >= 4 is 11.6 Å². The molecule has 32 heavy (non-hydrogen) atoms. The molecule has 7 nitrogen and oxygen atoms in total. The summed E-state index contributed by atoms with van der Waals surface area (Å²) in [5.41, 5.74) is 2.65. The molecule has 1 heterocycles. The fraction of sp³-hybridized carbons (Fsp3) is 0.375. The van der Waals surface area contributed by atoms with Crippen LogP contribution in [0.5, 0.6) is 0 Å². The first kappa shape index (κ1) is 23.2. The third kappa shape index (κ3) is 6.54. The van der Waals surface area contributed by atoms with Gasteiger partial charge in [0.15, 0.2) is 11.8 Å². The quantitative estimate of drug-likeness (QED) is 0.305. The number of aromatic nitrogens is 3. The number of rotatable bonds is 9. The lowest BCUT2D eigenvalue weighted by atomic mass is 10.1. The Kier molecular flexibility index (Phi) is 8.19. The monoisotopic (exact) mass is 437 g/mol. The summed E-state index contributed by atoms with van der Waals surface area (Å²) in [4.78, 5) is 6.87. The second kappa shape index (κ2) is 11.3. The number of hydrogen-bond donors (Lipinski definition) is 2. The Morgan fingerprint density at radius 1 is 1.09 bits per heavy atom. The zero-order valence-corrected chi connectivity index (χ0v) is 19.3. The van der Waals surface area contributed by atoms with E-state index in [0.717, 1.165) is 36.7 Å². The van der Waals surface area contributed by atoms with Gasteiger partial charge in [-0.05, 0) is 49.6 Å². The molecular formula is C24H32FN7. The molecule has 1 aromatic heterocycles. The highest BCUT2D eigenvalue weighted by Crippen LogP contribution is 2.11.